The summed E-state index contributed by atoms with van der Waals surface area (Å²) < 4.78 is 39.7. The topological polar surface area (TPSA) is 109 Å². The minimum Gasteiger partial charge on any atom is -0.384 e. The predicted molar refractivity (Wildman–Crippen MR) is 72.5 cm³/mol. The van der Waals surface area contributed by atoms with Crippen LogP contribution < -0.4 is 10.5 Å². The van der Waals surface area contributed by atoms with Crippen LogP contribution in [0.15, 0.2) is 47.6 Å². The highest BCUT2D eigenvalue weighted by Crippen LogP contribution is 2.17. The molecule has 0 atom stereocenters. The zero-order valence-electron chi connectivity index (χ0n) is 10.2. The van der Waals surface area contributed by atoms with E-state index in [-0.39, 0.29) is 11.5 Å². The number of nitrogen functional groups attached to an aromatic ring is 1. The molecule has 4 N–H and O–H groups in total. The van der Waals surface area contributed by atoms with Gasteiger partial charge in [0.15, 0.2) is 5.82 Å². The molecule has 8 heteroatoms. The second-order valence-electron chi connectivity index (χ2n) is 3.89. The Labute approximate surface area is 115 Å². The summed E-state index contributed by atoms with van der Waals surface area (Å²) in [5.74, 6) is -1.14. The average Bonchev–Trinajstić information content (AvgIpc) is 2.38. The summed E-state index contributed by atoms with van der Waals surface area (Å²) in [5.41, 5.74) is 5.84. The van der Waals surface area contributed by atoms with Gasteiger partial charge < -0.3 is 5.73 Å². The number of amidine groups is 1. The van der Waals surface area contributed by atoms with Crippen molar-refractivity contribution in [3.8, 4) is 0 Å². The van der Waals surface area contributed by atoms with Crippen molar-refractivity contribution >= 4 is 21.5 Å². The molecule has 0 aliphatic rings. The Morgan fingerprint density at radius 3 is 2.70 bits per heavy atom. The van der Waals surface area contributed by atoms with Crippen LogP contribution in [0.2, 0.25) is 0 Å². The highest BCUT2D eigenvalue weighted by molar-refractivity contribution is 7.92. The summed E-state index contributed by atoms with van der Waals surface area (Å²) >= 11 is 0. The van der Waals surface area contributed by atoms with Crippen molar-refractivity contribution in [2.24, 2.45) is 5.73 Å². The Kier molecular flexibility index (Phi) is 3.66. The molecule has 0 fully saturated rings. The van der Waals surface area contributed by atoms with Crippen molar-refractivity contribution in [2.75, 3.05) is 4.72 Å². The molecule has 0 aliphatic carbocycles. The van der Waals surface area contributed by atoms with Crippen molar-refractivity contribution in [3.05, 3.63) is 54.0 Å². The molecule has 1 aromatic heterocycles. The molecule has 0 radical (unpaired) electrons. The first-order valence-corrected chi connectivity index (χ1v) is 6.96. The smallest absolute Gasteiger partial charge is 0.282 e. The normalized spacial score (nSPS) is 11.1. The third kappa shape index (κ3) is 2.91. The zero-order valence-corrected chi connectivity index (χ0v) is 11.0. The van der Waals surface area contributed by atoms with Gasteiger partial charge in [-0.3, -0.25) is 10.1 Å². The molecule has 0 unspecified atom stereocenters. The van der Waals surface area contributed by atoms with Gasteiger partial charge in [0.25, 0.3) is 10.0 Å². The average molecular weight is 294 g/mol. The fourth-order valence-electron chi connectivity index (χ4n) is 1.52. The Bertz CT molecular complexity index is 762. The number of halogens is 1. The van der Waals surface area contributed by atoms with Crippen molar-refractivity contribution in [1.29, 1.82) is 5.41 Å². The van der Waals surface area contributed by atoms with E-state index in [4.69, 9.17) is 11.1 Å². The molecule has 1 aromatic carbocycles. The van der Waals surface area contributed by atoms with Crippen LogP contribution in [0, 0.1) is 11.2 Å². The molecule has 0 spiro atoms. The summed E-state index contributed by atoms with van der Waals surface area (Å²) in [4.78, 5) is 3.51. The summed E-state index contributed by atoms with van der Waals surface area (Å²) in [6.07, 6.45) is 1.18. The minimum atomic E-state index is -4.13. The van der Waals surface area contributed by atoms with E-state index in [2.05, 4.69) is 9.71 Å². The molecule has 20 heavy (non-hydrogen) atoms. The predicted octanol–water partition coefficient (Wildman–Crippen LogP) is 1.31. The number of rotatable bonds is 4. The quantitative estimate of drug-likeness (QED) is 0.583. The van der Waals surface area contributed by atoms with Gasteiger partial charge in [0.2, 0.25) is 5.03 Å². The Morgan fingerprint density at radius 1 is 1.30 bits per heavy atom. The van der Waals surface area contributed by atoms with Crippen LogP contribution in [-0.2, 0) is 10.0 Å². The first kappa shape index (κ1) is 13.9. The van der Waals surface area contributed by atoms with E-state index in [9.17, 15) is 12.8 Å². The van der Waals surface area contributed by atoms with E-state index in [0.717, 1.165) is 6.07 Å². The molecule has 0 saturated carbocycles. The molecule has 104 valence electrons. The number of pyridine rings is 1. The van der Waals surface area contributed by atoms with E-state index in [1.54, 1.807) is 6.07 Å². The van der Waals surface area contributed by atoms with Gasteiger partial charge in [0, 0.05) is 17.4 Å². The number of benzene rings is 1. The van der Waals surface area contributed by atoms with E-state index in [0.29, 0.717) is 5.56 Å². The molecule has 2 rings (SSSR count). The number of anilines is 1. The number of hydrogen-bond donors (Lipinski definition) is 3. The summed E-state index contributed by atoms with van der Waals surface area (Å²) in [7, 11) is -4.13. The summed E-state index contributed by atoms with van der Waals surface area (Å²) in [5, 5.41) is 6.60. The van der Waals surface area contributed by atoms with Gasteiger partial charge in [-0.05, 0) is 24.3 Å². The zero-order chi connectivity index (χ0) is 14.8. The monoisotopic (exact) mass is 294 g/mol. The van der Waals surface area contributed by atoms with E-state index in [1.165, 1.54) is 30.5 Å². The fraction of sp³-hybridized carbons (Fsp3) is 0. The number of aromatic nitrogens is 1. The van der Waals surface area contributed by atoms with Crippen LogP contribution in [0.5, 0.6) is 0 Å². The molecular formula is C12H11FN4O2S. The molecule has 0 aliphatic heterocycles. The standard InChI is InChI=1S/C12H11FN4O2S/c13-10-5-2-6-16-12(10)20(18,19)17-9-4-1-3-8(7-9)11(14)15/h1-7,17H,(H3,14,15). The summed E-state index contributed by atoms with van der Waals surface area (Å²) in [6.45, 7) is 0. The molecule has 2 aromatic rings. The van der Waals surface area contributed by atoms with Crippen LogP contribution >= 0.6 is 0 Å². The number of nitrogens with two attached hydrogens (primary N) is 1. The van der Waals surface area contributed by atoms with Crippen LogP contribution in [0.25, 0.3) is 0 Å². The second-order valence-corrected chi connectivity index (χ2v) is 5.49. The van der Waals surface area contributed by atoms with Gasteiger partial charge in [-0.1, -0.05) is 12.1 Å². The molecule has 0 amide bonds. The highest BCUT2D eigenvalue weighted by Gasteiger charge is 2.20. The highest BCUT2D eigenvalue weighted by atomic mass is 32.2. The van der Waals surface area contributed by atoms with Gasteiger partial charge in [-0.15, -0.1) is 0 Å². The van der Waals surface area contributed by atoms with E-state index >= 15 is 0 Å². The van der Waals surface area contributed by atoms with E-state index < -0.39 is 20.9 Å². The lowest BCUT2D eigenvalue weighted by Gasteiger charge is -2.09. The largest absolute Gasteiger partial charge is 0.384 e. The van der Waals surface area contributed by atoms with Gasteiger partial charge >= 0.3 is 0 Å². The molecule has 0 saturated heterocycles. The van der Waals surface area contributed by atoms with Gasteiger partial charge in [0.1, 0.15) is 5.84 Å². The van der Waals surface area contributed by atoms with Gasteiger partial charge in [-0.25, -0.2) is 9.37 Å². The number of sulfonamides is 1. The summed E-state index contributed by atoms with van der Waals surface area (Å²) in [6, 6.07) is 8.23. The minimum absolute atomic E-state index is 0.169. The Hall–Kier alpha value is -2.48. The van der Waals surface area contributed by atoms with Crippen molar-refractivity contribution in [3.63, 3.8) is 0 Å². The first-order chi connectivity index (χ1) is 9.40. The Balaban J connectivity index is 2.36. The first-order valence-electron chi connectivity index (χ1n) is 5.48. The maximum absolute atomic E-state index is 13.5. The van der Waals surface area contributed by atoms with Crippen LogP contribution in [-0.4, -0.2) is 19.2 Å². The molecule has 0 bridgehead atoms. The van der Waals surface area contributed by atoms with E-state index in [1.807, 2.05) is 0 Å². The van der Waals surface area contributed by atoms with Crippen molar-refractivity contribution in [1.82, 2.24) is 4.98 Å². The molecular weight excluding hydrogens is 283 g/mol. The van der Waals surface area contributed by atoms with Crippen LogP contribution in [0.3, 0.4) is 0 Å². The molecule has 6 nitrogen and oxygen atoms in total. The number of nitrogens with one attached hydrogen (secondary N) is 2. The van der Waals surface area contributed by atoms with Crippen molar-refractivity contribution in [2.45, 2.75) is 5.03 Å². The lowest BCUT2D eigenvalue weighted by Crippen LogP contribution is -2.17. The van der Waals surface area contributed by atoms with Gasteiger partial charge in [-0.2, -0.15) is 8.42 Å². The Morgan fingerprint density at radius 2 is 2.05 bits per heavy atom. The third-order valence-corrected chi connectivity index (χ3v) is 3.72. The van der Waals surface area contributed by atoms with Crippen molar-refractivity contribution < 1.29 is 12.8 Å². The van der Waals surface area contributed by atoms with Crippen LogP contribution in [0.1, 0.15) is 5.56 Å². The molecule has 1 heterocycles. The lowest BCUT2D eigenvalue weighted by molar-refractivity contribution is 0.557. The van der Waals surface area contributed by atoms with Crippen LogP contribution in [0.4, 0.5) is 10.1 Å². The third-order valence-electron chi connectivity index (χ3n) is 2.41. The maximum Gasteiger partial charge on any atom is 0.282 e. The SMILES string of the molecule is N=C(N)c1cccc(NS(=O)(=O)c2ncccc2F)c1. The second kappa shape index (κ2) is 5.25. The maximum atomic E-state index is 13.5. The van der Waals surface area contributed by atoms with Gasteiger partial charge in [0.05, 0.1) is 0 Å². The lowest BCUT2D eigenvalue weighted by atomic mass is 10.2. The number of nitrogens with zero attached hydrogens (tertiary/aromatic N) is 1. The number of hydrogen-bond acceptors (Lipinski definition) is 4. The fourth-order valence-corrected chi connectivity index (χ4v) is 2.58.